The highest BCUT2D eigenvalue weighted by Crippen LogP contribution is 2.41. The number of carbonyl (C=O) groups is 4. The molecule has 2 aromatic rings. The van der Waals surface area contributed by atoms with Gasteiger partial charge in [-0.1, -0.05) is 12.8 Å². The van der Waals surface area contributed by atoms with E-state index < -0.39 is 11.9 Å². The number of carbonyl (C=O) groups excluding carboxylic acids is 4. The first-order chi connectivity index (χ1) is 16.9. The molecule has 5 rings (SSSR count). The lowest BCUT2D eigenvalue weighted by Crippen LogP contribution is -2.31. The van der Waals surface area contributed by atoms with Gasteiger partial charge in [-0.3, -0.25) is 19.2 Å². The molecule has 0 spiro atoms. The van der Waals surface area contributed by atoms with Gasteiger partial charge >= 0.3 is 5.97 Å². The van der Waals surface area contributed by atoms with Crippen LogP contribution in [0.4, 0.5) is 11.4 Å². The van der Waals surface area contributed by atoms with Gasteiger partial charge in [-0.15, -0.1) is 0 Å². The molecule has 3 atom stereocenters. The van der Waals surface area contributed by atoms with E-state index in [2.05, 4.69) is 0 Å². The number of esters is 1. The van der Waals surface area contributed by atoms with Gasteiger partial charge in [0.1, 0.15) is 11.5 Å². The number of fused-ring (bicyclic) bond motifs is 1. The number of anilines is 2. The number of amides is 3. The summed E-state index contributed by atoms with van der Waals surface area (Å²) in [6.07, 6.45) is 3.53. The van der Waals surface area contributed by atoms with E-state index >= 15 is 0 Å². The molecule has 8 nitrogen and oxygen atoms in total. The SMILES string of the molecule is COc1ccc(N2C[C@H](C(=O)Oc3ccc(N4C(=O)[C@@H]5CCCC[C@H]5C4=O)c(C)c3)CC2=O)cc1. The first kappa shape index (κ1) is 23.1. The fourth-order valence-electron chi connectivity index (χ4n) is 5.42. The van der Waals surface area contributed by atoms with Crippen LogP contribution < -0.4 is 19.3 Å². The highest BCUT2D eigenvalue weighted by atomic mass is 16.5. The maximum Gasteiger partial charge on any atom is 0.316 e. The van der Waals surface area contributed by atoms with Crippen molar-refractivity contribution in [2.75, 3.05) is 23.5 Å². The molecule has 3 fully saturated rings. The number of hydrogen-bond acceptors (Lipinski definition) is 6. The zero-order chi connectivity index (χ0) is 24.7. The van der Waals surface area contributed by atoms with E-state index in [0.717, 1.165) is 25.7 Å². The van der Waals surface area contributed by atoms with Crippen LogP contribution in [0.15, 0.2) is 42.5 Å². The molecular weight excluding hydrogens is 448 g/mol. The van der Waals surface area contributed by atoms with Crippen molar-refractivity contribution in [3.05, 3.63) is 48.0 Å². The third-order valence-corrected chi connectivity index (χ3v) is 7.31. The Morgan fingerprint density at radius 3 is 2.14 bits per heavy atom. The molecule has 8 heteroatoms. The molecule has 2 aromatic carbocycles. The standard InChI is InChI=1S/C27H28N2O6/c1-16-13-20(11-12-23(16)29-25(31)21-5-3-4-6-22(21)26(29)32)35-27(33)17-14-24(30)28(15-17)18-7-9-19(34-2)10-8-18/h7-13,17,21-22H,3-6,14-15H2,1-2H3/t17-,21-,22-/m1/s1. The Hall–Kier alpha value is -3.68. The van der Waals surface area contributed by atoms with Crippen LogP contribution in [-0.2, 0) is 19.2 Å². The molecule has 2 aliphatic heterocycles. The highest BCUT2D eigenvalue weighted by Gasteiger charge is 2.49. The summed E-state index contributed by atoms with van der Waals surface area (Å²) in [6.45, 7) is 2.03. The van der Waals surface area contributed by atoms with Crippen molar-refractivity contribution >= 4 is 35.1 Å². The van der Waals surface area contributed by atoms with Crippen LogP contribution in [-0.4, -0.2) is 37.3 Å². The van der Waals surface area contributed by atoms with Gasteiger partial charge in [0.25, 0.3) is 0 Å². The number of rotatable bonds is 5. The molecule has 0 N–H and O–H groups in total. The lowest BCUT2D eigenvalue weighted by Gasteiger charge is -2.19. The fraction of sp³-hybridized carbons (Fsp3) is 0.407. The van der Waals surface area contributed by atoms with E-state index in [1.54, 1.807) is 61.4 Å². The Kier molecular flexibility index (Phi) is 6.05. The van der Waals surface area contributed by atoms with Crippen molar-refractivity contribution in [1.82, 2.24) is 0 Å². The monoisotopic (exact) mass is 476 g/mol. The van der Waals surface area contributed by atoms with Crippen LogP contribution in [0.25, 0.3) is 0 Å². The Morgan fingerprint density at radius 1 is 0.914 bits per heavy atom. The number of benzene rings is 2. The molecule has 2 saturated heterocycles. The Bertz CT molecular complexity index is 1170. The fourth-order valence-corrected chi connectivity index (χ4v) is 5.42. The van der Waals surface area contributed by atoms with Crippen LogP contribution in [0.3, 0.4) is 0 Å². The average molecular weight is 477 g/mol. The first-order valence-electron chi connectivity index (χ1n) is 12.0. The number of hydrogen-bond donors (Lipinski definition) is 0. The smallest absolute Gasteiger partial charge is 0.316 e. The average Bonchev–Trinajstić information content (AvgIpc) is 3.37. The molecule has 1 aliphatic carbocycles. The minimum Gasteiger partial charge on any atom is -0.497 e. The summed E-state index contributed by atoms with van der Waals surface area (Å²) in [5, 5.41) is 0. The van der Waals surface area contributed by atoms with Gasteiger partial charge in [-0.2, -0.15) is 0 Å². The largest absolute Gasteiger partial charge is 0.497 e. The van der Waals surface area contributed by atoms with Crippen LogP contribution in [0, 0.1) is 24.7 Å². The Labute approximate surface area is 203 Å². The Balaban J connectivity index is 1.26. The normalized spacial score (nSPS) is 24.1. The van der Waals surface area contributed by atoms with Gasteiger partial charge in [-0.25, -0.2) is 4.90 Å². The van der Waals surface area contributed by atoms with Gasteiger partial charge in [0, 0.05) is 18.7 Å². The zero-order valence-corrected chi connectivity index (χ0v) is 19.9. The molecule has 3 amide bonds. The van der Waals surface area contributed by atoms with E-state index in [-0.39, 0.29) is 42.5 Å². The zero-order valence-electron chi connectivity index (χ0n) is 19.9. The second-order valence-electron chi connectivity index (χ2n) is 9.48. The summed E-state index contributed by atoms with van der Waals surface area (Å²) in [5.41, 5.74) is 1.92. The topological polar surface area (TPSA) is 93.2 Å². The third kappa shape index (κ3) is 4.17. The van der Waals surface area contributed by atoms with Crippen molar-refractivity contribution in [2.24, 2.45) is 17.8 Å². The molecule has 1 saturated carbocycles. The van der Waals surface area contributed by atoms with Crippen LogP contribution in [0.5, 0.6) is 11.5 Å². The molecule has 2 heterocycles. The minimum atomic E-state index is -0.588. The van der Waals surface area contributed by atoms with E-state index in [0.29, 0.717) is 28.4 Å². The summed E-state index contributed by atoms with van der Waals surface area (Å²) >= 11 is 0. The van der Waals surface area contributed by atoms with Gasteiger partial charge in [0.2, 0.25) is 17.7 Å². The maximum atomic E-state index is 12.9. The second-order valence-corrected chi connectivity index (χ2v) is 9.48. The van der Waals surface area contributed by atoms with Crippen LogP contribution >= 0.6 is 0 Å². The summed E-state index contributed by atoms with van der Waals surface area (Å²) < 4.78 is 10.7. The summed E-state index contributed by atoms with van der Waals surface area (Å²) in [7, 11) is 1.57. The summed E-state index contributed by atoms with van der Waals surface area (Å²) in [6, 6.07) is 12.0. The summed E-state index contributed by atoms with van der Waals surface area (Å²) in [4.78, 5) is 54.1. The van der Waals surface area contributed by atoms with Gasteiger partial charge in [0.15, 0.2) is 0 Å². The molecule has 0 aromatic heterocycles. The van der Waals surface area contributed by atoms with Gasteiger partial charge in [0.05, 0.1) is 30.6 Å². The second kappa shape index (κ2) is 9.17. The lowest BCUT2D eigenvalue weighted by molar-refractivity contribution is -0.139. The predicted molar refractivity (Wildman–Crippen MR) is 128 cm³/mol. The number of imide groups is 1. The van der Waals surface area contributed by atoms with Gasteiger partial charge < -0.3 is 14.4 Å². The summed E-state index contributed by atoms with van der Waals surface area (Å²) in [5.74, 6) is -0.907. The molecular formula is C27H28N2O6. The molecule has 3 aliphatic rings. The van der Waals surface area contributed by atoms with Crippen molar-refractivity contribution in [1.29, 1.82) is 0 Å². The number of aryl methyl sites for hydroxylation is 1. The Morgan fingerprint density at radius 2 is 1.54 bits per heavy atom. The van der Waals surface area contributed by atoms with E-state index in [4.69, 9.17) is 9.47 Å². The lowest BCUT2D eigenvalue weighted by atomic mass is 9.81. The molecule has 35 heavy (non-hydrogen) atoms. The van der Waals surface area contributed by atoms with Gasteiger partial charge in [-0.05, 0) is 67.8 Å². The predicted octanol–water partition coefficient (Wildman–Crippen LogP) is 3.64. The quantitative estimate of drug-likeness (QED) is 0.372. The number of methoxy groups -OCH3 is 1. The molecule has 0 bridgehead atoms. The highest BCUT2D eigenvalue weighted by molar-refractivity contribution is 6.22. The van der Waals surface area contributed by atoms with Crippen molar-refractivity contribution in [3.63, 3.8) is 0 Å². The van der Waals surface area contributed by atoms with Crippen LogP contribution in [0.1, 0.15) is 37.7 Å². The molecule has 0 unspecified atom stereocenters. The minimum absolute atomic E-state index is 0.0709. The van der Waals surface area contributed by atoms with Crippen molar-refractivity contribution in [2.45, 2.75) is 39.0 Å². The van der Waals surface area contributed by atoms with Crippen molar-refractivity contribution < 1.29 is 28.7 Å². The maximum absolute atomic E-state index is 12.9. The number of ether oxygens (including phenoxy) is 2. The van der Waals surface area contributed by atoms with E-state index in [1.807, 2.05) is 0 Å². The van der Waals surface area contributed by atoms with E-state index in [9.17, 15) is 19.2 Å². The molecule has 182 valence electrons. The third-order valence-electron chi connectivity index (χ3n) is 7.31. The van der Waals surface area contributed by atoms with E-state index in [1.165, 1.54) is 4.90 Å². The first-order valence-corrected chi connectivity index (χ1v) is 12.0. The van der Waals surface area contributed by atoms with Crippen molar-refractivity contribution in [3.8, 4) is 11.5 Å². The number of nitrogens with zero attached hydrogens (tertiary/aromatic N) is 2. The molecule has 0 radical (unpaired) electrons. The van der Waals surface area contributed by atoms with Crippen LogP contribution in [0.2, 0.25) is 0 Å².